The Labute approximate surface area is 200 Å². The molecule has 0 aromatic heterocycles. The number of anilines is 1. The predicted molar refractivity (Wildman–Crippen MR) is 121 cm³/mol. The number of carbonyl (C=O) groups is 3. The van der Waals surface area contributed by atoms with Crippen LogP contribution in [-0.4, -0.2) is 29.3 Å². The molecule has 2 aromatic carbocycles. The quantitative estimate of drug-likeness (QED) is 0.472. The van der Waals surface area contributed by atoms with Crippen LogP contribution in [0.3, 0.4) is 0 Å². The van der Waals surface area contributed by atoms with Crippen molar-refractivity contribution in [1.29, 1.82) is 0 Å². The van der Waals surface area contributed by atoms with E-state index in [2.05, 4.69) is 0 Å². The average molecular weight is 480 g/mol. The zero-order valence-corrected chi connectivity index (χ0v) is 18.9. The molecule has 3 amide bonds. The number of alkyl halides is 3. The summed E-state index contributed by atoms with van der Waals surface area (Å²) in [6.07, 6.45) is 0.346. The molecule has 1 aliphatic heterocycles. The number of rotatable bonds is 4. The second kappa shape index (κ2) is 7.54. The lowest BCUT2D eigenvalue weighted by atomic mass is 9.63. The van der Waals surface area contributed by atoms with Crippen LogP contribution in [0.15, 0.2) is 60.7 Å². The first-order chi connectivity index (χ1) is 16.7. The Balaban J connectivity index is 1.39. The molecule has 4 aliphatic carbocycles. The highest BCUT2D eigenvalue weighted by atomic mass is 19.4. The molecule has 1 saturated heterocycles. The van der Waals surface area contributed by atoms with Gasteiger partial charge in [0.1, 0.15) is 6.67 Å². The number of hydrogen-bond donors (Lipinski definition) is 0. The van der Waals surface area contributed by atoms with Gasteiger partial charge in [0.05, 0.1) is 23.1 Å². The number of hydrogen-bond acceptors (Lipinski definition) is 3. The monoisotopic (exact) mass is 480 g/mol. The molecule has 0 radical (unpaired) electrons. The minimum absolute atomic E-state index is 0.0137. The molecule has 3 fully saturated rings. The van der Waals surface area contributed by atoms with Gasteiger partial charge in [-0.2, -0.15) is 13.2 Å². The second-order valence-corrected chi connectivity index (χ2v) is 10.0. The largest absolute Gasteiger partial charge is 0.418 e. The molecule has 6 atom stereocenters. The third kappa shape index (κ3) is 3.33. The summed E-state index contributed by atoms with van der Waals surface area (Å²) < 4.78 is 41.7. The maximum Gasteiger partial charge on any atom is 0.418 e. The van der Waals surface area contributed by atoms with Gasteiger partial charge in [-0.05, 0) is 61.3 Å². The number of benzene rings is 2. The highest BCUT2D eigenvalue weighted by Gasteiger charge is 2.67. The summed E-state index contributed by atoms with van der Waals surface area (Å²) in [5.41, 5.74) is -0.323. The van der Waals surface area contributed by atoms with Crippen molar-refractivity contribution in [2.24, 2.45) is 35.5 Å². The van der Waals surface area contributed by atoms with Crippen LogP contribution in [0.5, 0.6) is 0 Å². The summed E-state index contributed by atoms with van der Waals surface area (Å²) in [4.78, 5) is 42.4. The van der Waals surface area contributed by atoms with Gasteiger partial charge in [-0.3, -0.25) is 24.2 Å². The SMILES string of the molecule is Cc1ccc(C(=O)N(CN2C(=O)C3C4C=CC(C5CC45)C3C2=O)c2ccccc2C(F)(F)F)cc1. The number of imide groups is 1. The normalized spacial score (nSPS) is 30.3. The van der Waals surface area contributed by atoms with Gasteiger partial charge in [0, 0.05) is 5.56 Å². The summed E-state index contributed by atoms with van der Waals surface area (Å²) in [6.45, 7) is 1.28. The molecule has 35 heavy (non-hydrogen) atoms. The van der Waals surface area contributed by atoms with Gasteiger partial charge in [0.15, 0.2) is 0 Å². The highest BCUT2D eigenvalue weighted by Crippen LogP contribution is 2.65. The smallest absolute Gasteiger partial charge is 0.289 e. The Morgan fingerprint density at radius 3 is 2.09 bits per heavy atom. The third-order valence-electron chi connectivity index (χ3n) is 8.08. The van der Waals surface area contributed by atoms with Crippen molar-refractivity contribution in [2.45, 2.75) is 19.5 Å². The molecule has 0 N–H and O–H groups in total. The standard InChI is InChI=1S/C27H23F3N2O3/c1-14-6-8-15(9-7-14)24(33)31(21-5-3-2-4-20(21)27(28,29)30)13-32-25(34)22-16-10-11-17(19-12-18(16)19)23(22)26(32)35/h2-11,16-19,22-23H,12-13H2,1H3. The fraction of sp³-hybridized carbons (Fsp3) is 0.370. The Morgan fingerprint density at radius 2 is 1.51 bits per heavy atom. The summed E-state index contributed by atoms with van der Waals surface area (Å²) in [5, 5.41) is 0. The van der Waals surface area contributed by atoms with Crippen molar-refractivity contribution in [2.75, 3.05) is 11.6 Å². The molecule has 2 bridgehead atoms. The predicted octanol–water partition coefficient (Wildman–Crippen LogP) is 4.67. The molecule has 180 valence electrons. The van der Waals surface area contributed by atoms with Crippen molar-refractivity contribution < 1.29 is 27.6 Å². The molecule has 2 saturated carbocycles. The van der Waals surface area contributed by atoms with Crippen LogP contribution in [0.4, 0.5) is 18.9 Å². The van der Waals surface area contributed by atoms with Gasteiger partial charge >= 0.3 is 6.18 Å². The second-order valence-electron chi connectivity index (χ2n) is 10.0. The number of halogens is 3. The van der Waals surface area contributed by atoms with Gasteiger partial charge in [0.25, 0.3) is 5.91 Å². The fourth-order valence-corrected chi connectivity index (χ4v) is 6.35. The van der Waals surface area contributed by atoms with Crippen molar-refractivity contribution >= 4 is 23.4 Å². The van der Waals surface area contributed by atoms with Crippen LogP contribution >= 0.6 is 0 Å². The van der Waals surface area contributed by atoms with Crippen LogP contribution in [0.1, 0.15) is 27.9 Å². The summed E-state index contributed by atoms with van der Waals surface area (Å²) in [6, 6.07) is 11.2. The number of para-hydroxylation sites is 1. The van der Waals surface area contributed by atoms with Crippen LogP contribution in [0.2, 0.25) is 0 Å². The maximum atomic E-state index is 13.9. The number of aryl methyl sites for hydroxylation is 1. The van der Waals surface area contributed by atoms with E-state index in [9.17, 15) is 27.6 Å². The molecule has 6 unspecified atom stereocenters. The molecule has 1 heterocycles. The highest BCUT2D eigenvalue weighted by molar-refractivity contribution is 6.10. The molecule has 5 aliphatic rings. The summed E-state index contributed by atoms with van der Waals surface area (Å²) >= 11 is 0. The van der Waals surface area contributed by atoms with E-state index in [1.807, 2.05) is 19.1 Å². The van der Waals surface area contributed by atoms with Gasteiger partial charge < -0.3 is 0 Å². The topological polar surface area (TPSA) is 57.7 Å². The lowest BCUT2D eigenvalue weighted by Crippen LogP contribution is -2.45. The van der Waals surface area contributed by atoms with Gasteiger partial charge in [-0.15, -0.1) is 0 Å². The van der Waals surface area contributed by atoms with Crippen LogP contribution < -0.4 is 4.90 Å². The van der Waals surface area contributed by atoms with E-state index in [1.165, 1.54) is 30.3 Å². The first-order valence-electron chi connectivity index (χ1n) is 11.7. The summed E-state index contributed by atoms with van der Waals surface area (Å²) in [7, 11) is 0. The van der Waals surface area contributed by atoms with Gasteiger partial charge in [-0.1, -0.05) is 42.0 Å². The van der Waals surface area contributed by atoms with Crippen LogP contribution in [0, 0.1) is 42.4 Å². The molecule has 0 spiro atoms. The van der Waals surface area contributed by atoms with Crippen LogP contribution in [-0.2, 0) is 15.8 Å². The first-order valence-corrected chi connectivity index (χ1v) is 11.7. The van der Waals surface area contributed by atoms with Crippen molar-refractivity contribution in [3.05, 3.63) is 77.4 Å². The molecule has 8 heteroatoms. The van der Waals surface area contributed by atoms with E-state index in [4.69, 9.17) is 0 Å². The van der Waals surface area contributed by atoms with Crippen molar-refractivity contribution in [3.63, 3.8) is 0 Å². The number of nitrogens with zero attached hydrogens (tertiary/aromatic N) is 2. The van der Waals surface area contributed by atoms with Gasteiger partial charge in [0.2, 0.25) is 11.8 Å². The van der Waals surface area contributed by atoms with E-state index in [0.29, 0.717) is 11.8 Å². The number of amides is 3. The first kappa shape index (κ1) is 22.1. The average Bonchev–Trinajstić information content (AvgIpc) is 3.62. The zero-order chi connectivity index (χ0) is 24.6. The lowest BCUT2D eigenvalue weighted by molar-refractivity contribution is -0.140. The lowest BCUT2D eigenvalue weighted by Gasteiger charge is -2.37. The molecular formula is C27H23F3N2O3. The molecular weight excluding hydrogens is 457 g/mol. The Kier molecular flexibility index (Phi) is 4.75. The van der Waals surface area contributed by atoms with E-state index in [0.717, 1.165) is 27.9 Å². The molecule has 7 rings (SSSR count). The minimum Gasteiger partial charge on any atom is -0.289 e. The Hall–Kier alpha value is -3.42. The number of likely N-dealkylation sites (tertiary alicyclic amines) is 1. The van der Waals surface area contributed by atoms with E-state index in [1.54, 1.807) is 12.1 Å². The van der Waals surface area contributed by atoms with Crippen LogP contribution in [0.25, 0.3) is 0 Å². The number of carbonyl (C=O) groups excluding carboxylic acids is 3. The summed E-state index contributed by atoms with van der Waals surface area (Å²) in [5.74, 6) is -1.70. The van der Waals surface area contributed by atoms with E-state index in [-0.39, 0.29) is 23.1 Å². The Bertz CT molecular complexity index is 1230. The fourth-order valence-electron chi connectivity index (χ4n) is 6.35. The van der Waals surface area contributed by atoms with Crippen molar-refractivity contribution in [1.82, 2.24) is 4.90 Å². The van der Waals surface area contributed by atoms with E-state index < -0.39 is 48.0 Å². The maximum absolute atomic E-state index is 13.9. The van der Waals surface area contributed by atoms with E-state index >= 15 is 0 Å². The Morgan fingerprint density at radius 1 is 0.943 bits per heavy atom. The minimum atomic E-state index is -4.72. The number of allylic oxidation sites excluding steroid dienone is 2. The van der Waals surface area contributed by atoms with Gasteiger partial charge in [-0.25, -0.2) is 0 Å². The third-order valence-corrected chi connectivity index (χ3v) is 8.08. The zero-order valence-electron chi connectivity index (χ0n) is 18.9. The van der Waals surface area contributed by atoms with Crippen molar-refractivity contribution in [3.8, 4) is 0 Å². The molecule has 5 nitrogen and oxygen atoms in total. The molecule has 2 aromatic rings.